The van der Waals surface area contributed by atoms with Crippen molar-refractivity contribution in [3.05, 3.63) is 44.8 Å². The maximum absolute atomic E-state index is 13.1. The van der Waals surface area contributed by atoms with Gasteiger partial charge in [0.1, 0.15) is 5.01 Å². The second kappa shape index (κ2) is 9.07. The van der Waals surface area contributed by atoms with E-state index in [0.717, 1.165) is 10.9 Å². The summed E-state index contributed by atoms with van der Waals surface area (Å²) in [7, 11) is -2.38. The van der Waals surface area contributed by atoms with Crippen LogP contribution in [-0.2, 0) is 21.3 Å². The van der Waals surface area contributed by atoms with Crippen molar-refractivity contribution in [1.29, 1.82) is 0 Å². The summed E-state index contributed by atoms with van der Waals surface area (Å²) in [6.07, 6.45) is 0.727. The van der Waals surface area contributed by atoms with Gasteiger partial charge >= 0.3 is 5.97 Å². The zero-order valence-electron chi connectivity index (χ0n) is 14.8. The van der Waals surface area contributed by atoms with Crippen molar-refractivity contribution < 1.29 is 17.9 Å². The fourth-order valence-electron chi connectivity index (χ4n) is 2.17. The number of ether oxygens (including phenoxy) is 1. The molecule has 26 heavy (non-hydrogen) atoms. The maximum atomic E-state index is 13.1. The Labute approximate surface area is 166 Å². The Morgan fingerprint density at radius 1 is 1.31 bits per heavy atom. The van der Waals surface area contributed by atoms with Gasteiger partial charge in [-0.05, 0) is 36.6 Å². The van der Waals surface area contributed by atoms with Crippen molar-refractivity contribution in [2.45, 2.75) is 31.7 Å². The monoisotopic (exact) mass is 460 g/mol. The van der Waals surface area contributed by atoms with E-state index in [4.69, 9.17) is 0 Å². The number of hydrogen-bond donors (Lipinski definition) is 0. The van der Waals surface area contributed by atoms with E-state index in [-0.39, 0.29) is 17.1 Å². The third-order valence-electron chi connectivity index (χ3n) is 3.67. The number of thiazole rings is 1. The lowest BCUT2D eigenvalue weighted by Crippen LogP contribution is -2.32. The molecule has 0 saturated heterocycles. The molecule has 0 atom stereocenters. The number of rotatable bonds is 8. The first kappa shape index (κ1) is 21.0. The zero-order chi connectivity index (χ0) is 19.3. The number of halogens is 1. The van der Waals surface area contributed by atoms with E-state index in [1.807, 2.05) is 13.8 Å². The van der Waals surface area contributed by atoms with Crippen LogP contribution in [0.4, 0.5) is 0 Å². The molecule has 0 aliphatic heterocycles. The highest BCUT2D eigenvalue weighted by atomic mass is 79.9. The van der Waals surface area contributed by atoms with E-state index in [0.29, 0.717) is 17.5 Å². The summed E-state index contributed by atoms with van der Waals surface area (Å²) in [5.41, 5.74) is 0.192. The van der Waals surface area contributed by atoms with Crippen LogP contribution in [-0.4, -0.2) is 37.3 Å². The van der Waals surface area contributed by atoms with Gasteiger partial charge in [0.25, 0.3) is 0 Å². The topological polar surface area (TPSA) is 76.6 Å². The fourth-order valence-corrected chi connectivity index (χ4v) is 4.71. The van der Waals surface area contributed by atoms with Crippen LogP contribution in [0.15, 0.2) is 39.0 Å². The lowest BCUT2D eigenvalue weighted by atomic mass is 10.1. The molecule has 0 amide bonds. The van der Waals surface area contributed by atoms with Crippen molar-refractivity contribution in [2.75, 3.05) is 13.7 Å². The van der Waals surface area contributed by atoms with Gasteiger partial charge in [0.05, 0.1) is 18.6 Å². The maximum Gasteiger partial charge on any atom is 0.357 e. The summed E-state index contributed by atoms with van der Waals surface area (Å²) in [5.74, 6) is -0.170. The molecule has 0 radical (unpaired) electrons. The number of carbonyl (C=O) groups is 1. The standard InChI is InChI=1S/C17H21BrN2O4S2/c1-12(2)8-9-20(10-16-19-15(11-25-16)17(21)24-3)26(22,23)14-6-4-13(18)5-7-14/h4-7,11-12H,8-10H2,1-3H3. The third kappa shape index (κ3) is 5.35. The Bertz CT molecular complexity index is 848. The number of sulfonamides is 1. The van der Waals surface area contributed by atoms with Crippen LogP contribution in [0.3, 0.4) is 0 Å². The molecular weight excluding hydrogens is 440 g/mol. The highest BCUT2D eigenvalue weighted by Crippen LogP contribution is 2.23. The Balaban J connectivity index is 2.29. The molecule has 2 rings (SSSR count). The number of nitrogens with zero attached hydrogens (tertiary/aromatic N) is 2. The molecule has 0 fully saturated rings. The Morgan fingerprint density at radius 3 is 2.54 bits per heavy atom. The SMILES string of the molecule is COC(=O)c1csc(CN(CCC(C)C)S(=O)(=O)c2ccc(Br)cc2)n1. The molecule has 0 spiro atoms. The number of aromatic nitrogens is 1. The van der Waals surface area contributed by atoms with Crippen molar-refractivity contribution in [1.82, 2.24) is 9.29 Å². The normalized spacial score (nSPS) is 11.9. The average molecular weight is 461 g/mol. The fraction of sp³-hybridized carbons (Fsp3) is 0.412. The first-order valence-electron chi connectivity index (χ1n) is 8.02. The van der Waals surface area contributed by atoms with E-state index in [1.54, 1.807) is 29.6 Å². The minimum Gasteiger partial charge on any atom is -0.464 e. The van der Waals surface area contributed by atoms with Gasteiger partial charge in [0.2, 0.25) is 10.0 Å². The predicted octanol–water partition coefficient (Wildman–Crippen LogP) is 3.93. The van der Waals surface area contributed by atoms with Crippen molar-refractivity contribution in [3.8, 4) is 0 Å². The minimum atomic E-state index is -3.67. The second-order valence-corrected chi connectivity index (χ2v) is 9.89. The van der Waals surface area contributed by atoms with Gasteiger partial charge in [0, 0.05) is 16.4 Å². The number of benzene rings is 1. The number of methoxy groups -OCH3 is 1. The number of esters is 1. The lowest BCUT2D eigenvalue weighted by Gasteiger charge is -2.22. The van der Waals surface area contributed by atoms with Crippen molar-refractivity contribution in [2.24, 2.45) is 5.92 Å². The number of carbonyl (C=O) groups excluding carboxylic acids is 1. The third-order valence-corrected chi connectivity index (χ3v) is 6.89. The molecule has 142 valence electrons. The van der Waals surface area contributed by atoms with Gasteiger partial charge < -0.3 is 4.74 Å². The van der Waals surface area contributed by atoms with Gasteiger partial charge in [-0.1, -0.05) is 29.8 Å². The van der Waals surface area contributed by atoms with Crippen LogP contribution in [0.1, 0.15) is 35.8 Å². The van der Waals surface area contributed by atoms with Gasteiger partial charge in [0.15, 0.2) is 5.69 Å². The average Bonchev–Trinajstić information content (AvgIpc) is 3.06. The predicted molar refractivity (Wildman–Crippen MR) is 105 cm³/mol. The first-order chi connectivity index (χ1) is 12.2. The van der Waals surface area contributed by atoms with E-state index < -0.39 is 16.0 Å². The molecule has 0 aliphatic rings. The van der Waals surface area contributed by atoms with Gasteiger partial charge in [-0.2, -0.15) is 4.31 Å². The zero-order valence-corrected chi connectivity index (χ0v) is 18.0. The van der Waals surface area contributed by atoms with Gasteiger partial charge in [-0.25, -0.2) is 18.2 Å². The summed E-state index contributed by atoms with van der Waals surface area (Å²) >= 11 is 4.56. The molecular formula is C17H21BrN2O4S2. The molecule has 6 nitrogen and oxygen atoms in total. The molecule has 0 N–H and O–H groups in total. The molecule has 0 saturated carbocycles. The van der Waals surface area contributed by atoms with Crippen LogP contribution in [0, 0.1) is 5.92 Å². The van der Waals surface area contributed by atoms with Gasteiger partial charge in [-0.3, -0.25) is 0 Å². The summed E-state index contributed by atoms with van der Waals surface area (Å²) in [6, 6.07) is 6.55. The van der Waals surface area contributed by atoms with E-state index in [9.17, 15) is 13.2 Å². The van der Waals surface area contributed by atoms with Crippen molar-refractivity contribution >= 4 is 43.3 Å². The molecule has 0 bridgehead atoms. The molecule has 9 heteroatoms. The second-order valence-electron chi connectivity index (χ2n) is 6.09. The Hall–Kier alpha value is -1.29. The quantitative estimate of drug-likeness (QED) is 0.557. The lowest BCUT2D eigenvalue weighted by molar-refractivity contribution is 0.0594. The molecule has 1 aromatic heterocycles. The summed E-state index contributed by atoms with van der Waals surface area (Å²) in [6.45, 7) is 4.59. The van der Waals surface area contributed by atoms with E-state index in [2.05, 4.69) is 25.7 Å². The largest absolute Gasteiger partial charge is 0.464 e. The molecule has 2 aromatic rings. The van der Waals surface area contributed by atoms with Crippen LogP contribution >= 0.6 is 27.3 Å². The number of hydrogen-bond acceptors (Lipinski definition) is 6. The molecule has 0 aliphatic carbocycles. The van der Waals surface area contributed by atoms with E-state index >= 15 is 0 Å². The first-order valence-corrected chi connectivity index (χ1v) is 11.1. The van der Waals surface area contributed by atoms with Crippen LogP contribution in [0.25, 0.3) is 0 Å². The van der Waals surface area contributed by atoms with Crippen LogP contribution < -0.4 is 0 Å². The van der Waals surface area contributed by atoms with E-state index in [1.165, 1.54) is 22.8 Å². The highest BCUT2D eigenvalue weighted by molar-refractivity contribution is 9.10. The molecule has 0 unspecified atom stereocenters. The molecule has 1 heterocycles. The van der Waals surface area contributed by atoms with Crippen LogP contribution in [0.2, 0.25) is 0 Å². The minimum absolute atomic E-state index is 0.118. The van der Waals surface area contributed by atoms with Gasteiger partial charge in [-0.15, -0.1) is 11.3 Å². The Kier molecular flexibility index (Phi) is 7.33. The smallest absolute Gasteiger partial charge is 0.357 e. The summed E-state index contributed by atoms with van der Waals surface area (Å²) in [5, 5.41) is 2.13. The summed E-state index contributed by atoms with van der Waals surface area (Å²) < 4.78 is 33.0. The van der Waals surface area contributed by atoms with Crippen LogP contribution in [0.5, 0.6) is 0 Å². The Morgan fingerprint density at radius 2 is 1.96 bits per heavy atom. The van der Waals surface area contributed by atoms with Crippen molar-refractivity contribution in [3.63, 3.8) is 0 Å². The molecule has 1 aromatic carbocycles. The highest BCUT2D eigenvalue weighted by Gasteiger charge is 2.26. The summed E-state index contributed by atoms with van der Waals surface area (Å²) in [4.78, 5) is 16.0.